The minimum atomic E-state index is -4.96. The molecular weight excluding hydrogens is 393 g/mol. The van der Waals surface area contributed by atoms with Crippen molar-refractivity contribution in [3.05, 3.63) is 48.2 Å². The lowest BCUT2D eigenvalue weighted by Gasteiger charge is -2.35. The van der Waals surface area contributed by atoms with E-state index in [0.717, 1.165) is 23.7 Å². The van der Waals surface area contributed by atoms with Crippen LogP contribution in [-0.2, 0) is 5.60 Å². The maximum absolute atomic E-state index is 13.0. The van der Waals surface area contributed by atoms with Gasteiger partial charge in [0.05, 0.1) is 6.61 Å². The van der Waals surface area contributed by atoms with Gasteiger partial charge in [-0.05, 0) is 41.8 Å². The molecule has 1 aliphatic heterocycles. The summed E-state index contributed by atoms with van der Waals surface area (Å²) in [4.78, 5) is 7.11. The average Bonchev–Trinajstić information content (AvgIpc) is 2.69. The van der Waals surface area contributed by atoms with Gasteiger partial charge in [0.15, 0.2) is 0 Å². The molecule has 1 unspecified atom stereocenters. The van der Waals surface area contributed by atoms with Crippen LogP contribution < -0.4 is 10.6 Å². The number of alkyl halides is 3. The SMILES string of the molecule is Nc1ccc(SN2CCN(c3ccc(C(O)(CO)C(F)(F)F)cc3)CC2)cn1. The highest BCUT2D eigenvalue weighted by atomic mass is 32.2. The van der Waals surface area contributed by atoms with Crippen molar-refractivity contribution in [1.82, 2.24) is 9.29 Å². The number of hydrogen-bond acceptors (Lipinski definition) is 7. The monoisotopic (exact) mass is 414 g/mol. The molecule has 0 bridgehead atoms. The van der Waals surface area contributed by atoms with Gasteiger partial charge in [0, 0.05) is 43.0 Å². The number of aromatic nitrogens is 1. The number of hydrogen-bond donors (Lipinski definition) is 3. The van der Waals surface area contributed by atoms with Gasteiger partial charge in [0.1, 0.15) is 5.82 Å². The van der Waals surface area contributed by atoms with Gasteiger partial charge in [-0.25, -0.2) is 9.29 Å². The number of halogens is 3. The van der Waals surface area contributed by atoms with Crippen LogP contribution in [0.3, 0.4) is 0 Å². The van der Waals surface area contributed by atoms with E-state index in [-0.39, 0.29) is 5.56 Å². The fraction of sp³-hybridized carbons (Fsp3) is 0.389. The first kappa shape index (κ1) is 20.7. The van der Waals surface area contributed by atoms with E-state index in [1.807, 2.05) is 6.07 Å². The van der Waals surface area contributed by atoms with Crippen molar-refractivity contribution in [2.45, 2.75) is 16.7 Å². The van der Waals surface area contributed by atoms with E-state index in [1.165, 1.54) is 24.3 Å². The third-order valence-corrected chi connectivity index (χ3v) is 5.72. The van der Waals surface area contributed by atoms with Crippen LogP contribution in [0, 0.1) is 0 Å². The number of anilines is 2. The molecule has 2 aromatic rings. The highest BCUT2D eigenvalue weighted by Crippen LogP contribution is 2.39. The van der Waals surface area contributed by atoms with Crippen LogP contribution in [0.2, 0.25) is 0 Å². The molecule has 1 aliphatic rings. The summed E-state index contributed by atoms with van der Waals surface area (Å²) in [6.45, 7) is 1.52. The zero-order valence-electron chi connectivity index (χ0n) is 14.9. The van der Waals surface area contributed by atoms with Crippen LogP contribution >= 0.6 is 11.9 Å². The highest BCUT2D eigenvalue weighted by Gasteiger charge is 2.54. The number of nitrogen functional groups attached to an aromatic ring is 1. The van der Waals surface area contributed by atoms with Gasteiger partial charge in [0.2, 0.25) is 5.60 Å². The van der Waals surface area contributed by atoms with Gasteiger partial charge in [-0.15, -0.1) is 0 Å². The minimum Gasteiger partial charge on any atom is -0.393 e. The minimum absolute atomic E-state index is 0.378. The van der Waals surface area contributed by atoms with E-state index in [0.29, 0.717) is 18.9 Å². The van der Waals surface area contributed by atoms with Crippen LogP contribution in [0.1, 0.15) is 5.56 Å². The standard InChI is InChI=1S/C18H21F3N4O2S/c19-18(20,21)17(27,12-26)13-1-3-14(4-2-13)24-7-9-25(10-8-24)28-15-5-6-16(22)23-11-15/h1-6,11,26-27H,7-10,12H2,(H2,22,23). The Morgan fingerprint density at radius 1 is 1.04 bits per heavy atom. The Morgan fingerprint density at radius 3 is 2.18 bits per heavy atom. The Kier molecular flexibility index (Phi) is 6.04. The van der Waals surface area contributed by atoms with E-state index in [9.17, 15) is 18.3 Å². The lowest BCUT2D eigenvalue weighted by molar-refractivity contribution is -0.277. The first-order valence-electron chi connectivity index (χ1n) is 8.63. The summed E-state index contributed by atoms with van der Waals surface area (Å²) < 4.78 is 41.3. The largest absolute Gasteiger partial charge is 0.423 e. The predicted octanol–water partition coefficient (Wildman–Crippen LogP) is 2.24. The van der Waals surface area contributed by atoms with Crippen molar-refractivity contribution in [2.75, 3.05) is 43.4 Å². The number of nitrogens with zero attached hydrogens (tertiary/aromatic N) is 3. The summed E-state index contributed by atoms with van der Waals surface area (Å²) in [6.07, 6.45) is -3.24. The average molecular weight is 414 g/mol. The van der Waals surface area contributed by atoms with Crippen molar-refractivity contribution in [2.24, 2.45) is 0 Å². The van der Waals surface area contributed by atoms with Crippen LogP contribution in [0.5, 0.6) is 0 Å². The summed E-state index contributed by atoms with van der Waals surface area (Å²) in [7, 11) is 0. The van der Waals surface area contributed by atoms with Crippen LogP contribution in [-0.4, -0.2) is 58.5 Å². The first-order chi connectivity index (χ1) is 13.2. The molecular formula is C18H21F3N4O2S. The molecule has 1 aromatic heterocycles. The quantitative estimate of drug-likeness (QED) is 0.647. The number of pyridine rings is 1. The molecule has 1 fully saturated rings. The van der Waals surface area contributed by atoms with Crippen molar-refractivity contribution < 1.29 is 23.4 Å². The van der Waals surface area contributed by atoms with Gasteiger partial charge in [-0.3, -0.25) is 0 Å². The molecule has 4 N–H and O–H groups in total. The Bertz CT molecular complexity index is 781. The number of aliphatic hydroxyl groups is 2. The van der Waals surface area contributed by atoms with E-state index >= 15 is 0 Å². The maximum atomic E-state index is 13.0. The smallest absolute Gasteiger partial charge is 0.393 e. The lowest BCUT2D eigenvalue weighted by atomic mass is 9.94. The van der Waals surface area contributed by atoms with E-state index in [4.69, 9.17) is 10.8 Å². The van der Waals surface area contributed by atoms with Gasteiger partial charge in [-0.2, -0.15) is 13.2 Å². The van der Waals surface area contributed by atoms with Crippen molar-refractivity contribution in [1.29, 1.82) is 0 Å². The number of benzene rings is 1. The topological polar surface area (TPSA) is 85.9 Å². The van der Waals surface area contributed by atoms with Gasteiger partial charge >= 0.3 is 6.18 Å². The zero-order valence-corrected chi connectivity index (χ0v) is 15.7. The Labute approximate surface area is 164 Å². The Balaban J connectivity index is 1.61. The molecule has 1 saturated heterocycles. The van der Waals surface area contributed by atoms with Crippen molar-refractivity contribution in [3.8, 4) is 0 Å². The summed E-state index contributed by atoms with van der Waals surface area (Å²) >= 11 is 1.58. The van der Waals surface area contributed by atoms with E-state index in [1.54, 1.807) is 24.2 Å². The molecule has 3 rings (SSSR count). The zero-order chi connectivity index (χ0) is 20.4. The molecule has 0 radical (unpaired) electrons. The first-order valence-corrected chi connectivity index (χ1v) is 9.40. The van der Waals surface area contributed by atoms with Gasteiger partial charge in [-0.1, -0.05) is 12.1 Å². The number of piperazine rings is 1. The second-order valence-electron chi connectivity index (χ2n) is 6.49. The van der Waals surface area contributed by atoms with Crippen LogP contribution in [0.4, 0.5) is 24.7 Å². The fourth-order valence-electron chi connectivity index (χ4n) is 2.92. The normalized spacial score (nSPS) is 18.1. The van der Waals surface area contributed by atoms with Gasteiger partial charge < -0.3 is 20.8 Å². The highest BCUT2D eigenvalue weighted by molar-refractivity contribution is 7.97. The second kappa shape index (κ2) is 8.16. The Morgan fingerprint density at radius 2 is 1.68 bits per heavy atom. The molecule has 6 nitrogen and oxygen atoms in total. The molecule has 0 aliphatic carbocycles. The van der Waals surface area contributed by atoms with Crippen molar-refractivity contribution >= 4 is 23.5 Å². The number of rotatable bonds is 5. The molecule has 0 spiro atoms. The molecule has 1 atom stereocenters. The summed E-state index contributed by atoms with van der Waals surface area (Å²) in [6, 6.07) is 9.14. The van der Waals surface area contributed by atoms with Crippen LogP contribution in [0.15, 0.2) is 47.5 Å². The number of aliphatic hydroxyl groups excluding tert-OH is 1. The molecule has 28 heavy (non-hydrogen) atoms. The van der Waals surface area contributed by atoms with Crippen LogP contribution in [0.25, 0.3) is 0 Å². The summed E-state index contributed by atoms with van der Waals surface area (Å²) in [5, 5.41) is 18.9. The molecule has 152 valence electrons. The predicted molar refractivity (Wildman–Crippen MR) is 102 cm³/mol. The fourth-order valence-corrected chi connectivity index (χ4v) is 3.80. The van der Waals surface area contributed by atoms with Gasteiger partial charge in [0.25, 0.3) is 0 Å². The lowest BCUT2D eigenvalue weighted by Crippen LogP contribution is -2.45. The summed E-state index contributed by atoms with van der Waals surface area (Å²) in [5.74, 6) is 0.469. The van der Waals surface area contributed by atoms with E-state index in [2.05, 4.69) is 14.2 Å². The molecule has 2 heterocycles. The molecule has 0 amide bonds. The second-order valence-corrected chi connectivity index (χ2v) is 7.66. The van der Waals surface area contributed by atoms with Crippen molar-refractivity contribution in [3.63, 3.8) is 0 Å². The number of nitrogens with two attached hydrogens (primary N) is 1. The summed E-state index contributed by atoms with van der Waals surface area (Å²) in [5.41, 5.74) is 2.71. The maximum Gasteiger partial charge on any atom is 0.423 e. The molecule has 10 heteroatoms. The molecule has 0 saturated carbocycles. The third kappa shape index (κ3) is 4.35. The molecule has 1 aromatic carbocycles. The third-order valence-electron chi connectivity index (χ3n) is 4.64. The van der Waals surface area contributed by atoms with E-state index < -0.39 is 18.4 Å². The Hall–Kier alpha value is -2.01.